The minimum absolute atomic E-state index is 0.197. The van der Waals surface area contributed by atoms with Crippen molar-refractivity contribution >= 4 is 27.5 Å². The summed E-state index contributed by atoms with van der Waals surface area (Å²) in [6.45, 7) is 0.364. The van der Waals surface area contributed by atoms with E-state index in [0.29, 0.717) is 5.69 Å². The van der Waals surface area contributed by atoms with E-state index in [2.05, 4.69) is 21.2 Å². The molecule has 0 radical (unpaired) electrons. The number of hydrogen-bond donors (Lipinski definition) is 2. The predicted octanol–water partition coefficient (Wildman–Crippen LogP) is 2.85. The molecule has 1 amide bonds. The van der Waals surface area contributed by atoms with Gasteiger partial charge in [-0.1, -0.05) is 15.9 Å². The lowest BCUT2D eigenvalue weighted by molar-refractivity contribution is -0.137. The lowest BCUT2D eigenvalue weighted by Crippen LogP contribution is -2.37. The molecule has 0 bridgehead atoms. The highest BCUT2D eigenvalue weighted by Gasteiger charge is 2.27. The second-order valence-electron chi connectivity index (χ2n) is 3.71. The van der Waals surface area contributed by atoms with Gasteiger partial charge >= 0.3 is 6.18 Å². The molecule has 0 saturated heterocycles. The minimum Gasteiger partial charge on any atom is -0.376 e. The maximum atomic E-state index is 11.8. The number of carbonyl (C=O) groups excluding carboxylic acids is 1. The monoisotopic (exact) mass is 324 g/mol. The Bertz CT molecular complexity index is 435. The number of rotatable bonds is 4. The van der Waals surface area contributed by atoms with Crippen LogP contribution in [0.4, 0.5) is 18.9 Å². The van der Waals surface area contributed by atoms with Gasteiger partial charge in [0.1, 0.15) is 6.54 Å². The average Bonchev–Trinajstić information content (AvgIpc) is 2.27. The summed E-state index contributed by atoms with van der Waals surface area (Å²) in [7, 11) is 0. The van der Waals surface area contributed by atoms with Gasteiger partial charge < -0.3 is 10.6 Å². The predicted molar refractivity (Wildman–Crippen MR) is 66.4 cm³/mol. The largest absolute Gasteiger partial charge is 0.405 e. The molecule has 1 aromatic rings. The van der Waals surface area contributed by atoms with Crippen LogP contribution in [0.2, 0.25) is 0 Å². The van der Waals surface area contributed by atoms with E-state index >= 15 is 0 Å². The van der Waals surface area contributed by atoms with E-state index in [1.165, 1.54) is 0 Å². The van der Waals surface area contributed by atoms with Crippen LogP contribution in [0.15, 0.2) is 22.7 Å². The van der Waals surface area contributed by atoms with Gasteiger partial charge in [0.25, 0.3) is 0 Å². The first-order chi connectivity index (χ1) is 8.28. The van der Waals surface area contributed by atoms with Crippen molar-refractivity contribution in [3.8, 4) is 0 Å². The molecule has 1 rings (SSSR count). The first-order valence-electron chi connectivity index (χ1n) is 5.11. The van der Waals surface area contributed by atoms with Crippen LogP contribution in [0.5, 0.6) is 0 Å². The molecule has 100 valence electrons. The third-order valence-electron chi connectivity index (χ3n) is 2.10. The zero-order chi connectivity index (χ0) is 13.8. The summed E-state index contributed by atoms with van der Waals surface area (Å²) < 4.78 is 36.4. The Morgan fingerprint density at radius 3 is 2.61 bits per heavy atom. The van der Waals surface area contributed by atoms with Gasteiger partial charge in [-0.2, -0.15) is 13.2 Å². The highest BCUT2D eigenvalue weighted by molar-refractivity contribution is 9.10. The number of aryl methyl sites for hydroxylation is 1. The van der Waals surface area contributed by atoms with E-state index in [4.69, 9.17) is 0 Å². The molecule has 0 heterocycles. The smallest absolute Gasteiger partial charge is 0.376 e. The number of hydrogen-bond acceptors (Lipinski definition) is 2. The molecule has 0 unspecified atom stereocenters. The number of benzene rings is 1. The molecule has 0 aliphatic heterocycles. The summed E-state index contributed by atoms with van der Waals surface area (Å²) in [5.74, 6) is -0.701. The molecule has 2 N–H and O–H groups in total. The molecule has 0 atom stereocenters. The van der Waals surface area contributed by atoms with Gasteiger partial charge in [-0.15, -0.1) is 0 Å². The zero-order valence-corrected chi connectivity index (χ0v) is 11.2. The molecular weight excluding hydrogens is 313 g/mol. The molecule has 0 aliphatic rings. The highest BCUT2D eigenvalue weighted by Crippen LogP contribution is 2.19. The fraction of sp³-hybridized carbons (Fsp3) is 0.364. The van der Waals surface area contributed by atoms with Gasteiger partial charge in [-0.05, 0) is 30.7 Å². The third kappa shape index (κ3) is 5.39. The second-order valence-corrected chi connectivity index (χ2v) is 4.56. The minimum atomic E-state index is -4.39. The average molecular weight is 325 g/mol. The Kier molecular flexibility index (Phi) is 5.01. The number of nitrogens with one attached hydrogen (secondary N) is 2. The standard InChI is InChI=1S/C11H12BrF3N2O/c1-7-4-8(2-3-9(7)12)16-5-10(18)17-6-11(13,14)15/h2-4,16H,5-6H2,1H3,(H,17,18). The van der Waals surface area contributed by atoms with Crippen LogP contribution in [0.25, 0.3) is 0 Å². The third-order valence-corrected chi connectivity index (χ3v) is 2.99. The summed E-state index contributed by atoms with van der Waals surface area (Å²) >= 11 is 3.32. The topological polar surface area (TPSA) is 41.1 Å². The van der Waals surface area contributed by atoms with Crippen LogP contribution in [0.1, 0.15) is 5.56 Å². The van der Waals surface area contributed by atoms with Crippen molar-refractivity contribution in [2.24, 2.45) is 0 Å². The van der Waals surface area contributed by atoms with Gasteiger partial charge in [-0.25, -0.2) is 0 Å². The normalized spacial score (nSPS) is 11.2. The Morgan fingerprint density at radius 2 is 2.06 bits per heavy atom. The van der Waals surface area contributed by atoms with Gasteiger partial charge in [0.2, 0.25) is 5.91 Å². The van der Waals surface area contributed by atoms with Crippen LogP contribution in [-0.2, 0) is 4.79 Å². The lowest BCUT2D eigenvalue weighted by atomic mass is 10.2. The zero-order valence-electron chi connectivity index (χ0n) is 9.57. The number of carbonyl (C=O) groups is 1. The van der Waals surface area contributed by atoms with Crippen molar-refractivity contribution in [3.05, 3.63) is 28.2 Å². The van der Waals surface area contributed by atoms with Crippen LogP contribution < -0.4 is 10.6 Å². The van der Waals surface area contributed by atoms with Gasteiger partial charge in [0.15, 0.2) is 0 Å². The molecule has 0 aromatic heterocycles. The maximum Gasteiger partial charge on any atom is 0.405 e. The first-order valence-corrected chi connectivity index (χ1v) is 5.91. The van der Waals surface area contributed by atoms with Crippen molar-refractivity contribution in [3.63, 3.8) is 0 Å². The van der Waals surface area contributed by atoms with Crippen LogP contribution >= 0.6 is 15.9 Å². The van der Waals surface area contributed by atoms with Crippen molar-refractivity contribution < 1.29 is 18.0 Å². The Morgan fingerprint density at radius 1 is 1.39 bits per heavy atom. The van der Waals surface area contributed by atoms with E-state index in [1.54, 1.807) is 23.5 Å². The van der Waals surface area contributed by atoms with E-state index in [-0.39, 0.29) is 6.54 Å². The fourth-order valence-corrected chi connectivity index (χ4v) is 1.44. The van der Waals surface area contributed by atoms with Gasteiger partial charge in [-0.3, -0.25) is 4.79 Å². The van der Waals surface area contributed by atoms with Gasteiger partial charge in [0, 0.05) is 10.2 Å². The molecule has 3 nitrogen and oxygen atoms in total. The summed E-state index contributed by atoms with van der Waals surface area (Å²) in [5, 5.41) is 4.53. The van der Waals surface area contributed by atoms with Crippen molar-refractivity contribution in [1.29, 1.82) is 0 Å². The molecule has 0 spiro atoms. The summed E-state index contributed by atoms with van der Waals surface area (Å²) in [4.78, 5) is 11.1. The first kappa shape index (κ1) is 14.8. The van der Waals surface area contributed by atoms with E-state index in [1.807, 2.05) is 6.92 Å². The number of anilines is 1. The molecule has 0 saturated carbocycles. The van der Waals surface area contributed by atoms with Crippen LogP contribution in [0, 0.1) is 6.92 Å². The lowest BCUT2D eigenvalue weighted by Gasteiger charge is -2.10. The fourth-order valence-electron chi connectivity index (χ4n) is 1.20. The van der Waals surface area contributed by atoms with Gasteiger partial charge in [0.05, 0.1) is 6.54 Å². The number of halogens is 4. The van der Waals surface area contributed by atoms with Crippen molar-refractivity contribution in [1.82, 2.24) is 5.32 Å². The summed E-state index contributed by atoms with van der Waals surface area (Å²) in [6, 6.07) is 5.32. The molecule has 1 aromatic carbocycles. The van der Waals surface area contributed by atoms with E-state index in [9.17, 15) is 18.0 Å². The molecule has 7 heteroatoms. The Balaban J connectivity index is 2.40. The Hall–Kier alpha value is -1.24. The Labute approximate surface area is 111 Å². The highest BCUT2D eigenvalue weighted by atomic mass is 79.9. The number of alkyl halides is 3. The van der Waals surface area contributed by atoms with E-state index < -0.39 is 18.6 Å². The number of amides is 1. The van der Waals surface area contributed by atoms with Crippen LogP contribution in [-0.4, -0.2) is 25.2 Å². The second kappa shape index (κ2) is 6.08. The molecule has 18 heavy (non-hydrogen) atoms. The van der Waals surface area contributed by atoms with Crippen molar-refractivity contribution in [2.75, 3.05) is 18.4 Å². The SMILES string of the molecule is Cc1cc(NCC(=O)NCC(F)(F)F)ccc1Br. The quantitative estimate of drug-likeness (QED) is 0.894. The molecule has 0 fully saturated rings. The maximum absolute atomic E-state index is 11.8. The van der Waals surface area contributed by atoms with E-state index in [0.717, 1.165) is 10.0 Å². The van der Waals surface area contributed by atoms with Crippen LogP contribution in [0.3, 0.4) is 0 Å². The van der Waals surface area contributed by atoms with Crippen molar-refractivity contribution in [2.45, 2.75) is 13.1 Å². The molecule has 0 aliphatic carbocycles. The summed E-state index contributed by atoms with van der Waals surface area (Å²) in [6.07, 6.45) is -4.39. The summed E-state index contributed by atoms with van der Waals surface area (Å²) in [5.41, 5.74) is 1.65. The molecular formula is C11H12BrF3N2O.